The molecule has 6 rings (SSSR count). The van der Waals surface area contributed by atoms with Crippen LogP contribution in [-0.2, 0) is 9.59 Å². The van der Waals surface area contributed by atoms with Gasteiger partial charge in [0.2, 0.25) is 11.8 Å². The van der Waals surface area contributed by atoms with Crippen molar-refractivity contribution in [1.29, 1.82) is 0 Å². The van der Waals surface area contributed by atoms with Crippen LogP contribution in [-0.4, -0.2) is 35.3 Å². The van der Waals surface area contributed by atoms with Gasteiger partial charge in [-0.3, -0.25) is 9.59 Å². The Morgan fingerprint density at radius 3 is 2.08 bits per heavy atom. The summed E-state index contributed by atoms with van der Waals surface area (Å²) in [5.74, 6) is 3.42. The molecular formula is C20H30N2O2. The Bertz CT molecular complexity index is 519. The zero-order valence-corrected chi connectivity index (χ0v) is 14.6. The van der Waals surface area contributed by atoms with E-state index in [1.165, 1.54) is 38.5 Å². The van der Waals surface area contributed by atoms with Gasteiger partial charge in [-0.05, 0) is 82.0 Å². The normalized spacial score (nSPS) is 43.8. The lowest BCUT2D eigenvalue weighted by atomic mass is 9.53. The van der Waals surface area contributed by atoms with Crippen LogP contribution in [0.25, 0.3) is 0 Å². The highest BCUT2D eigenvalue weighted by atomic mass is 16.2. The molecule has 0 aromatic rings. The van der Waals surface area contributed by atoms with Gasteiger partial charge in [0.25, 0.3) is 0 Å². The monoisotopic (exact) mass is 330 g/mol. The predicted molar refractivity (Wildman–Crippen MR) is 91.1 cm³/mol. The lowest BCUT2D eigenvalue weighted by molar-refractivity contribution is -0.138. The molecule has 4 nitrogen and oxygen atoms in total. The van der Waals surface area contributed by atoms with Crippen molar-refractivity contribution in [3.63, 3.8) is 0 Å². The van der Waals surface area contributed by atoms with E-state index in [9.17, 15) is 9.59 Å². The van der Waals surface area contributed by atoms with Crippen molar-refractivity contribution in [3.05, 3.63) is 0 Å². The van der Waals surface area contributed by atoms with Crippen LogP contribution in [0.2, 0.25) is 0 Å². The summed E-state index contributed by atoms with van der Waals surface area (Å²) in [6, 6.07) is 0. The van der Waals surface area contributed by atoms with Crippen LogP contribution in [0.5, 0.6) is 0 Å². The summed E-state index contributed by atoms with van der Waals surface area (Å²) in [7, 11) is 0. The summed E-state index contributed by atoms with van der Waals surface area (Å²) >= 11 is 0. The average molecular weight is 330 g/mol. The summed E-state index contributed by atoms with van der Waals surface area (Å²) in [6.07, 6.45) is 11.9. The Morgan fingerprint density at radius 1 is 0.875 bits per heavy atom. The number of hydrogen-bond acceptors (Lipinski definition) is 2. The minimum Gasteiger partial charge on any atom is -0.350 e. The first-order valence-corrected chi connectivity index (χ1v) is 10.2. The number of likely N-dealkylation sites (tertiary alicyclic amines) is 1. The van der Waals surface area contributed by atoms with Crippen LogP contribution in [0.4, 0.5) is 0 Å². The molecule has 0 aromatic carbocycles. The third kappa shape index (κ3) is 2.66. The van der Waals surface area contributed by atoms with Crippen molar-refractivity contribution >= 4 is 11.8 Å². The molecule has 4 heteroatoms. The number of hydrogen-bond donors (Lipinski definition) is 1. The van der Waals surface area contributed by atoms with Gasteiger partial charge in [0, 0.05) is 24.5 Å². The molecule has 1 N–H and O–H groups in total. The first-order valence-electron chi connectivity index (χ1n) is 10.2. The molecule has 1 aliphatic heterocycles. The van der Waals surface area contributed by atoms with E-state index in [-0.39, 0.29) is 23.3 Å². The molecule has 1 atom stereocenters. The largest absolute Gasteiger partial charge is 0.350 e. The summed E-state index contributed by atoms with van der Waals surface area (Å²) in [6.45, 7) is 1.52. The SMILES string of the molecule is O=C(NC12CC3CC(CC(C3)C1)C2)[C@@H]1CCCN(C(=O)C2CC2)C1. The smallest absolute Gasteiger partial charge is 0.225 e. The number of rotatable bonds is 3. The lowest BCUT2D eigenvalue weighted by Crippen LogP contribution is -2.61. The lowest BCUT2D eigenvalue weighted by Gasteiger charge is -2.57. The Kier molecular flexibility index (Phi) is 3.47. The zero-order valence-electron chi connectivity index (χ0n) is 14.6. The molecule has 4 bridgehead atoms. The molecule has 0 aromatic heterocycles. The third-order valence-corrected chi connectivity index (χ3v) is 7.46. The quantitative estimate of drug-likeness (QED) is 0.865. The van der Waals surface area contributed by atoms with E-state index in [2.05, 4.69) is 5.32 Å². The fraction of sp³-hybridized carbons (Fsp3) is 0.900. The van der Waals surface area contributed by atoms with Crippen LogP contribution in [0.1, 0.15) is 64.2 Å². The second kappa shape index (κ2) is 5.47. The predicted octanol–water partition coefficient (Wildman–Crippen LogP) is 2.72. The van der Waals surface area contributed by atoms with Gasteiger partial charge >= 0.3 is 0 Å². The molecule has 0 unspecified atom stereocenters. The first-order chi connectivity index (χ1) is 11.6. The average Bonchev–Trinajstić information content (AvgIpc) is 3.37. The third-order valence-electron chi connectivity index (χ3n) is 7.46. The molecule has 2 amide bonds. The Morgan fingerprint density at radius 2 is 1.50 bits per heavy atom. The molecule has 132 valence electrons. The fourth-order valence-corrected chi connectivity index (χ4v) is 6.61. The van der Waals surface area contributed by atoms with Crippen molar-refractivity contribution in [2.24, 2.45) is 29.6 Å². The van der Waals surface area contributed by atoms with E-state index >= 15 is 0 Å². The molecular weight excluding hydrogens is 300 g/mol. The summed E-state index contributed by atoms with van der Waals surface area (Å²) in [5, 5.41) is 3.52. The Balaban J connectivity index is 1.24. The molecule has 1 heterocycles. The van der Waals surface area contributed by atoms with Crippen LogP contribution in [0, 0.1) is 29.6 Å². The number of piperidine rings is 1. The van der Waals surface area contributed by atoms with Crippen LogP contribution < -0.4 is 5.32 Å². The van der Waals surface area contributed by atoms with Crippen LogP contribution in [0.3, 0.4) is 0 Å². The van der Waals surface area contributed by atoms with Gasteiger partial charge in [0.05, 0.1) is 5.92 Å². The van der Waals surface area contributed by atoms with E-state index in [1.54, 1.807) is 0 Å². The second-order valence-corrected chi connectivity index (χ2v) is 9.58. The Hall–Kier alpha value is -1.06. The minimum absolute atomic E-state index is 0.0226. The highest BCUT2D eigenvalue weighted by Gasteiger charge is 2.52. The van der Waals surface area contributed by atoms with Crippen molar-refractivity contribution in [2.75, 3.05) is 13.1 Å². The molecule has 0 radical (unpaired) electrons. The fourth-order valence-electron chi connectivity index (χ4n) is 6.61. The highest BCUT2D eigenvalue weighted by molar-refractivity contribution is 5.84. The first kappa shape index (κ1) is 15.2. The highest BCUT2D eigenvalue weighted by Crippen LogP contribution is 2.55. The van der Waals surface area contributed by atoms with Crippen LogP contribution >= 0.6 is 0 Å². The number of carbonyl (C=O) groups excluding carboxylic acids is 2. The maximum atomic E-state index is 13.0. The van der Waals surface area contributed by atoms with Crippen molar-refractivity contribution in [1.82, 2.24) is 10.2 Å². The van der Waals surface area contributed by atoms with Gasteiger partial charge in [0.15, 0.2) is 0 Å². The van der Waals surface area contributed by atoms with E-state index in [1.807, 2.05) is 4.90 Å². The Labute approximate surface area is 144 Å². The maximum absolute atomic E-state index is 13.0. The van der Waals surface area contributed by atoms with Crippen LogP contribution in [0.15, 0.2) is 0 Å². The number of nitrogens with one attached hydrogen (secondary N) is 1. The van der Waals surface area contributed by atoms with E-state index < -0.39 is 0 Å². The molecule has 1 saturated heterocycles. The van der Waals surface area contributed by atoms with Gasteiger partial charge in [-0.15, -0.1) is 0 Å². The van der Waals surface area contributed by atoms with Gasteiger partial charge < -0.3 is 10.2 Å². The molecule has 5 aliphatic carbocycles. The van der Waals surface area contributed by atoms with Gasteiger partial charge in [0.1, 0.15) is 0 Å². The molecule has 6 fully saturated rings. The molecule has 6 aliphatic rings. The molecule has 5 saturated carbocycles. The maximum Gasteiger partial charge on any atom is 0.225 e. The molecule has 0 spiro atoms. The topological polar surface area (TPSA) is 49.4 Å². The van der Waals surface area contributed by atoms with Crippen molar-refractivity contribution < 1.29 is 9.59 Å². The summed E-state index contributed by atoms with van der Waals surface area (Å²) < 4.78 is 0. The molecule has 24 heavy (non-hydrogen) atoms. The van der Waals surface area contributed by atoms with Gasteiger partial charge in [-0.25, -0.2) is 0 Å². The van der Waals surface area contributed by atoms with E-state index in [0.29, 0.717) is 12.5 Å². The minimum atomic E-state index is 0.0226. The van der Waals surface area contributed by atoms with Crippen molar-refractivity contribution in [2.45, 2.75) is 69.7 Å². The summed E-state index contributed by atoms with van der Waals surface area (Å²) in [5.41, 5.74) is 0.106. The number of carbonyl (C=O) groups is 2. The van der Waals surface area contributed by atoms with E-state index in [0.717, 1.165) is 50.0 Å². The van der Waals surface area contributed by atoms with Crippen molar-refractivity contribution in [3.8, 4) is 0 Å². The zero-order chi connectivity index (χ0) is 16.3. The number of nitrogens with zero attached hydrogens (tertiary/aromatic N) is 1. The van der Waals surface area contributed by atoms with Gasteiger partial charge in [-0.1, -0.05) is 0 Å². The summed E-state index contributed by atoms with van der Waals surface area (Å²) in [4.78, 5) is 27.3. The standard InChI is InChI=1S/C20H30N2O2/c23-18(17-2-1-5-22(12-17)19(24)16-3-4-16)21-20-9-13-6-14(10-20)8-15(7-13)11-20/h13-17H,1-12H2,(H,21,23)/t13?,14?,15?,17-,20?/m1/s1. The number of amides is 2. The van der Waals surface area contributed by atoms with E-state index in [4.69, 9.17) is 0 Å². The van der Waals surface area contributed by atoms with Gasteiger partial charge in [-0.2, -0.15) is 0 Å². The second-order valence-electron chi connectivity index (χ2n) is 9.58.